The van der Waals surface area contributed by atoms with Crippen molar-refractivity contribution < 1.29 is 14.5 Å². The topological polar surface area (TPSA) is 122 Å². The summed E-state index contributed by atoms with van der Waals surface area (Å²) in [5.41, 5.74) is 6.12. The van der Waals surface area contributed by atoms with Crippen LogP contribution in [0.2, 0.25) is 0 Å². The van der Waals surface area contributed by atoms with Crippen molar-refractivity contribution in [2.45, 2.75) is 31.3 Å². The maximum absolute atomic E-state index is 12.5. The van der Waals surface area contributed by atoms with Crippen LogP contribution in [0.15, 0.2) is 24.3 Å². The highest BCUT2D eigenvalue weighted by Crippen LogP contribution is 2.41. The summed E-state index contributed by atoms with van der Waals surface area (Å²) in [6.07, 6.45) is 2.37. The second-order valence-corrected chi connectivity index (χ2v) is 6.57. The number of nitrogens with zero attached hydrogens (tertiary/aromatic N) is 3. The van der Waals surface area contributed by atoms with Crippen molar-refractivity contribution in [3.63, 3.8) is 0 Å². The molecule has 8 heteroatoms. The van der Waals surface area contributed by atoms with Crippen molar-refractivity contribution >= 4 is 11.6 Å². The molecule has 8 nitrogen and oxygen atoms in total. The van der Waals surface area contributed by atoms with Crippen molar-refractivity contribution in [2.24, 2.45) is 17.6 Å². The predicted molar refractivity (Wildman–Crippen MR) is 88.5 cm³/mol. The van der Waals surface area contributed by atoms with Crippen LogP contribution in [0.3, 0.4) is 0 Å². The van der Waals surface area contributed by atoms with E-state index in [9.17, 15) is 14.9 Å². The molecule has 4 atom stereocenters. The Labute approximate surface area is 145 Å². The van der Waals surface area contributed by atoms with E-state index in [1.807, 2.05) is 0 Å². The summed E-state index contributed by atoms with van der Waals surface area (Å²) in [5.74, 6) is 0.662. The van der Waals surface area contributed by atoms with E-state index in [1.54, 1.807) is 17.0 Å². The largest absolute Gasteiger partial charge is 0.493 e. The number of rotatable bonds is 6. The summed E-state index contributed by atoms with van der Waals surface area (Å²) in [7, 11) is 0. The zero-order valence-corrected chi connectivity index (χ0v) is 13.7. The lowest BCUT2D eigenvalue weighted by molar-refractivity contribution is -0.384. The zero-order valence-electron chi connectivity index (χ0n) is 13.7. The summed E-state index contributed by atoms with van der Waals surface area (Å²) >= 11 is 0. The third kappa shape index (κ3) is 3.72. The van der Waals surface area contributed by atoms with Crippen LogP contribution >= 0.6 is 0 Å². The molecular weight excluding hydrogens is 324 g/mol. The molecule has 1 saturated carbocycles. The molecule has 132 valence electrons. The van der Waals surface area contributed by atoms with Gasteiger partial charge in [0.2, 0.25) is 5.91 Å². The van der Waals surface area contributed by atoms with Crippen LogP contribution < -0.4 is 10.5 Å². The Kier molecular flexibility index (Phi) is 4.86. The smallest absolute Gasteiger partial charge is 0.269 e. The third-order valence-electron chi connectivity index (χ3n) is 4.92. The summed E-state index contributed by atoms with van der Waals surface area (Å²) in [6.45, 7) is 1.02. The summed E-state index contributed by atoms with van der Waals surface area (Å²) in [5, 5.41) is 19.7. The van der Waals surface area contributed by atoms with E-state index in [1.165, 1.54) is 12.1 Å². The van der Waals surface area contributed by atoms with Gasteiger partial charge in [-0.05, 0) is 43.2 Å². The van der Waals surface area contributed by atoms with Crippen molar-refractivity contribution in [2.75, 3.05) is 13.2 Å². The highest BCUT2D eigenvalue weighted by atomic mass is 16.6. The van der Waals surface area contributed by atoms with Crippen molar-refractivity contribution in [3.05, 3.63) is 34.4 Å². The molecule has 1 heterocycles. The Morgan fingerprint density at radius 1 is 1.48 bits per heavy atom. The fourth-order valence-corrected chi connectivity index (χ4v) is 3.31. The van der Waals surface area contributed by atoms with Crippen LogP contribution in [-0.2, 0) is 4.79 Å². The Morgan fingerprint density at radius 2 is 2.20 bits per heavy atom. The number of carbonyl (C=O) groups excluding carboxylic acids is 1. The Balaban J connectivity index is 1.48. The van der Waals surface area contributed by atoms with Gasteiger partial charge in [0.05, 0.1) is 23.6 Å². The van der Waals surface area contributed by atoms with Crippen LogP contribution in [0.5, 0.6) is 5.75 Å². The lowest BCUT2D eigenvalue weighted by Gasteiger charge is -2.23. The van der Waals surface area contributed by atoms with Crippen molar-refractivity contribution in [1.82, 2.24) is 4.90 Å². The average Bonchev–Trinajstić information content (AvgIpc) is 3.24. The minimum atomic E-state index is -0.598. The highest BCUT2D eigenvalue weighted by Gasteiger charge is 2.47. The summed E-state index contributed by atoms with van der Waals surface area (Å²) in [6, 6.07) is 7.11. The zero-order chi connectivity index (χ0) is 18.0. The fourth-order valence-electron chi connectivity index (χ4n) is 3.31. The van der Waals surface area contributed by atoms with Gasteiger partial charge in [-0.2, -0.15) is 5.26 Å². The van der Waals surface area contributed by atoms with Crippen LogP contribution in [0.4, 0.5) is 5.69 Å². The SMILES string of the molecule is N#CC1CCCN1C(=O)[C@H](N)C1CC1COc1ccc([N+](=O)[O-])cc1. The van der Waals surface area contributed by atoms with Gasteiger partial charge in [0.1, 0.15) is 11.8 Å². The minimum absolute atomic E-state index is 0.0157. The number of nitrogens with two attached hydrogens (primary N) is 1. The quantitative estimate of drug-likeness (QED) is 0.615. The first-order valence-corrected chi connectivity index (χ1v) is 8.34. The van der Waals surface area contributed by atoms with Crippen molar-refractivity contribution in [1.29, 1.82) is 5.26 Å². The number of likely N-dealkylation sites (tertiary alicyclic amines) is 1. The van der Waals surface area contributed by atoms with Gasteiger partial charge in [-0.3, -0.25) is 14.9 Å². The number of nitriles is 1. The molecule has 1 saturated heterocycles. The molecular formula is C17H20N4O4. The van der Waals surface area contributed by atoms with Gasteiger partial charge in [0.15, 0.2) is 0 Å². The first-order chi connectivity index (χ1) is 12.0. The number of nitro groups is 1. The molecule has 1 aromatic rings. The summed E-state index contributed by atoms with van der Waals surface area (Å²) < 4.78 is 5.64. The lowest BCUT2D eigenvalue weighted by atomic mass is 10.1. The molecule has 2 fully saturated rings. The van der Waals surface area contributed by atoms with Gasteiger partial charge < -0.3 is 15.4 Å². The fraction of sp³-hybridized carbons (Fsp3) is 0.529. The van der Waals surface area contributed by atoms with Crippen molar-refractivity contribution in [3.8, 4) is 11.8 Å². The predicted octanol–water partition coefficient (Wildman–Crippen LogP) is 1.45. The number of hydrogen-bond acceptors (Lipinski definition) is 6. The van der Waals surface area contributed by atoms with Gasteiger partial charge in [0.25, 0.3) is 5.69 Å². The van der Waals surface area contributed by atoms with Gasteiger partial charge >= 0.3 is 0 Å². The molecule has 0 aromatic heterocycles. The number of carbonyl (C=O) groups is 1. The molecule has 1 aliphatic heterocycles. The number of hydrogen-bond donors (Lipinski definition) is 1. The Morgan fingerprint density at radius 3 is 2.84 bits per heavy atom. The summed E-state index contributed by atoms with van der Waals surface area (Å²) in [4.78, 5) is 24.2. The normalized spacial score (nSPS) is 25.9. The van der Waals surface area contributed by atoms with E-state index in [4.69, 9.17) is 15.7 Å². The second-order valence-electron chi connectivity index (χ2n) is 6.57. The van der Waals surface area contributed by atoms with E-state index in [0.717, 1.165) is 12.8 Å². The van der Waals surface area contributed by atoms with E-state index in [2.05, 4.69) is 6.07 Å². The molecule has 0 spiro atoms. The van der Waals surface area contributed by atoms with Crippen LogP contribution in [-0.4, -0.2) is 41.0 Å². The monoisotopic (exact) mass is 344 g/mol. The van der Waals surface area contributed by atoms with E-state index in [-0.39, 0.29) is 29.5 Å². The number of nitro benzene ring substituents is 1. The molecule has 25 heavy (non-hydrogen) atoms. The maximum Gasteiger partial charge on any atom is 0.269 e. The number of ether oxygens (including phenoxy) is 1. The van der Waals surface area contributed by atoms with Gasteiger partial charge in [-0.15, -0.1) is 0 Å². The minimum Gasteiger partial charge on any atom is -0.493 e. The molecule has 1 aliphatic carbocycles. The Hall–Kier alpha value is -2.66. The van der Waals surface area contributed by atoms with E-state index < -0.39 is 11.0 Å². The van der Waals surface area contributed by atoms with Crippen LogP contribution in [0.25, 0.3) is 0 Å². The van der Waals surface area contributed by atoms with E-state index >= 15 is 0 Å². The number of benzene rings is 1. The molecule has 0 bridgehead atoms. The average molecular weight is 344 g/mol. The van der Waals surface area contributed by atoms with Gasteiger partial charge in [-0.1, -0.05) is 0 Å². The second kappa shape index (κ2) is 7.07. The molecule has 1 amide bonds. The van der Waals surface area contributed by atoms with Crippen LogP contribution in [0.1, 0.15) is 19.3 Å². The van der Waals surface area contributed by atoms with E-state index in [0.29, 0.717) is 25.3 Å². The lowest BCUT2D eigenvalue weighted by Crippen LogP contribution is -2.47. The number of amides is 1. The first kappa shape index (κ1) is 17.2. The molecule has 3 rings (SSSR count). The first-order valence-electron chi connectivity index (χ1n) is 8.34. The Bertz CT molecular complexity index is 700. The maximum atomic E-state index is 12.5. The molecule has 2 aliphatic rings. The van der Waals surface area contributed by atoms with Gasteiger partial charge in [0, 0.05) is 18.7 Å². The highest BCUT2D eigenvalue weighted by molar-refractivity contribution is 5.83. The van der Waals surface area contributed by atoms with Crippen LogP contribution in [0, 0.1) is 33.3 Å². The van der Waals surface area contributed by atoms with Gasteiger partial charge in [-0.25, -0.2) is 0 Å². The molecule has 0 radical (unpaired) electrons. The molecule has 2 N–H and O–H groups in total. The molecule has 3 unspecified atom stereocenters. The third-order valence-corrected chi connectivity index (χ3v) is 4.92. The number of non-ortho nitro benzene ring substituents is 1. The molecule has 1 aromatic carbocycles. The standard InChI is InChI=1S/C17H20N4O4/c18-9-13-2-1-7-20(13)17(22)16(19)15-8-11(15)10-25-14-5-3-12(4-6-14)21(23)24/h3-6,11,13,15-16H,1-2,7-8,10,19H2/t11?,13?,15?,16-/m1/s1.